The highest BCUT2D eigenvalue weighted by molar-refractivity contribution is 14.1. The second kappa shape index (κ2) is 15.0. The summed E-state index contributed by atoms with van der Waals surface area (Å²) in [5.41, 5.74) is 0.999. The molecule has 0 aliphatic carbocycles. The van der Waals surface area contributed by atoms with E-state index >= 15 is 0 Å². The second-order valence-corrected chi connectivity index (χ2v) is 8.60. The zero-order valence-electron chi connectivity index (χ0n) is 17.9. The predicted molar refractivity (Wildman–Crippen MR) is 126 cm³/mol. The van der Waals surface area contributed by atoms with E-state index in [-0.39, 0.29) is 31.7 Å². The molecule has 0 aromatic heterocycles. The fourth-order valence-electron chi connectivity index (χ4n) is 2.93. The van der Waals surface area contributed by atoms with E-state index in [1.54, 1.807) is 0 Å². The summed E-state index contributed by atoms with van der Waals surface area (Å²) in [5, 5.41) is 34.1. The third-order valence-corrected chi connectivity index (χ3v) is 5.32. The fraction of sp³-hybridized carbons (Fsp3) is 0.476. The molecule has 0 bridgehead atoms. The lowest BCUT2D eigenvalue weighted by atomic mass is 10.1. The van der Waals surface area contributed by atoms with Gasteiger partial charge in [-0.15, -0.1) is 0 Å². The Morgan fingerprint density at radius 2 is 1.55 bits per heavy atom. The van der Waals surface area contributed by atoms with Crippen molar-refractivity contribution < 1.29 is 39.3 Å². The number of amides is 3. The van der Waals surface area contributed by atoms with E-state index in [9.17, 15) is 24.0 Å². The minimum atomic E-state index is -1.35. The molecule has 33 heavy (non-hydrogen) atoms. The number of benzene rings is 1. The zero-order chi connectivity index (χ0) is 24.8. The second-order valence-electron chi connectivity index (χ2n) is 7.35. The van der Waals surface area contributed by atoms with Gasteiger partial charge >= 0.3 is 23.9 Å². The molecule has 0 fully saturated rings. The average molecular weight is 577 g/mol. The Morgan fingerprint density at radius 3 is 2.12 bits per heavy atom. The van der Waals surface area contributed by atoms with Crippen molar-refractivity contribution in [2.45, 2.75) is 57.0 Å². The van der Waals surface area contributed by atoms with Crippen molar-refractivity contribution in [1.82, 2.24) is 16.0 Å². The van der Waals surface area contributed by atoms with Gasteiger partial charge in [-0.05, 0) is 66.0 Å². The van der Waals surface area contributed by atoms with Gasteiger partial charge in [-0.3, -0.25) is 14.4 Å². The molecule has 3 amide bonds. The third-order valence-electron chi connectivity index (χ3n) is 4.61. The third kappa shape index (κ3) is 13.3. The molecule has 0 heterocycles. The first-order valence-electron chi connectivity index (χ1n) is 10.3. The van der Waals surface area contributed by atoms with E-state index in [2.05, 4.69) is 38.5 Å². The number of aryl methyl sites for hydroxylation is 1. The normalized spacial score (nSPS) is 12.3. The molecule has 0 spiro atoms. The quantitative estimate of drug-likeness (QED) is 0.134. The largest absolute Gasteiger partial charge is 0.481 e. The van der Waals surface area contributed by atoms with Gasteiger partial charge in [0.1, 0.15) is 6.04 Å². The summed E-state index contributed by atoms with van der Waals surface area (Å²) in [6.07, 6.45) is 0.447. The summed E-state index contributed by atoms with van der Waals surface area (Å²) >= 11 is 2.19. The fourth-order valence-corrected chi connectivity index (χ4v) is 3.29. The smallest absolute Gasteiger partial charge is 0.326 e. The number of carboxylic acids is 3. The maximum Gasteiger partial charge on any atom is 0.326 e. The Kier molecular flexibility index (Phi) is 12.8. The summed E-state index contributed by atoms with van der Waals surface area (Å²) in [4.78, 5) is 56.9. The highest BCUT2D eigenvalue weighted by Gasteiger charge is 2.21. The lowest BCUT2D eigenvalue weighted by Gasteiger charge is -2.18. The molecule has 6 N–H and O–H groups in total. The number of hydrogen-bond acceptors (Lipinski definition) is 5. The Morgan fingerprint density at radius 1 is 0.879 bits per heavy atom. The summed E-state index contributed by atoms with van der Waals surface area (Å²) in [6, 6.07) is 5.01. The van der Waals surface area contributed by atoms with Crippen LogP contribution in [0.15, 0.2) is 24.3 Å². The number of carboxylic acid groups (broad SMARTS) is 3. The molecule has 182 valence electrons. The molecular weight excluding hydrogens is 549 g/mol. The van der Waals surface area contributed by atoms with E-state index < -0.39 is 42.4 Å². The molecule has 0 saturated heterocycles. The van der Waals surface area contributed by atoms with Gasteiger partial charge in [0.2, 0.25) is 5.91 Å². The molecule has 1 aromatic rings. The highest BCUT2D eigenvalue weighted by Crippen LogP contribution is 2.09. The highest BCUT2D eigenvalue weighted by atomic mass is 127. The summed E-state index contributed by atoms with van der Waals surface area (Å²) in [7, 11) is 0. The molecule has 0 aliphatic rings. The molecule has 2 atom stereocenters. The molecule has 11 nitrogen and oxygen atoms in total. The number of aliphatic carboxylic acids is 3. The lowest BCUT2D eigenvalue weighted by Crippen LogP contribution is -2.46. The van der Waals surface area contributed by atoms with E-state index in [0.29, 0.717) is 19.3 Å². The van der Waals surface area contributed by atoms with E-state index in [4.69, 9.17) is 15.3 Å². The maximum atomic E-state index is 12.2. The molecule has 1 aromatic carbocycles. The van der Waals surface area contributed by atoms with Crippen LogP contribution in [-0.4, -0.2) is 63.8 Å². The van der Waals surface area contributed by atoms with Crippen LogP contribution in [0.3, 0.4) is 0 Å². The SMILES string of the molecule is O=C(O)CC[C@H](NC(=O)NCCC[C@@H](CC(=O)O)NC(=O)CCc1ccc(I)cc1)C(=O)O. The monoisotopic (exact) mass is 577 g/mol. The molecule has 1 rings (SSSR count). The first-order valence-corrected chi connectivity index (χ1v) is 11.4. The van der Waals surface area contributed by atoms with Gasteiger partial charge in [-0.2, -0.15) is 0 Å². The van der Waals surface area contributed by atoms with Crippen molar-refractivity contribution in [3.63, 3.8) is 0 Å². The van der Waals surface area contributed by atoms with Gasteiger partial charge in [0.15, 0.2) is 0 Å². The van der Waals surface area contributed by atoms with Crippen molar-refractivity contribution in [3.8, 4) is 0 Å². The van der Waals surface area contributed by atoms with Crippen LogP contribution in [0.1, 0.15) is 44.1 Å². The van der Waals surface area contributed by atoms with Crippen LogP contribution in [0.5, 0.6) is 0 Å². The Hall–Kier alpha value is -2.90. The van der Waals surface area contributed by atoms with Gasteiger partial charge in [0.05, 0.1) is 6.42 Å². The molecule has 12 heteroatoms. The Balaban J connectivity index is 2.41. The van der Waals surface area contributed by atoms with Gasteiger partial charge < -0.3 is 31.3 Å². The van der Waals surface area contributed by atoms with Crippen LogP contribution in [0, 0.1) is 3.57 Å². The van der Waals surface area contributed by atoms with Crippen LogP contribution in [0.4, 0.5) is 4.79 Å². The van der Waals surface area contributed by atoms with E-state index in [1.807, 2.05) is 24.3 Å². The number of rotatable bonds is 15. The Labute approximate surface area is 204 Å². The summed E-state index contributed by atoms with van der Waals surface area (Å²) < 4.78 is 1.09. The number of urea groups is 1. The first kappa shape index (κ1) is 28.1. The number of halogens is 1. The van der Waals surface area contributed by atoms with Crippen LogP contribution < -0.4 is 16.0 Å². The topological polar surface area (TPSA) is 182 Å². The molecular formula is C21H28IN3O8. The van der Waals surface area contributed by atoms with Crippen molar-refractivity contribution >= 4 is 52.4 Å². The summed E-state index contributed by atoms with van der Waals surface area (Å²) in [5.74, 6) is -3.85. The van der Waals surface area contributed by atoms with Crippen LogP contribution in [-0.2, 0) is 25.6 Å². The molecule has 0 aliphatic heterocycles. The molecule has 0 radical (unpaired) electrons. The van der Waals surface area contributed by atoms with Crippen LogP contribution >= 0.6 is 22.6 Å². The standard InChI is InChI=1S/C21H28IN3O8/c22-14-6-3-13(4-7-14)5-9-17(26)24-15(12-19(29)30)2-1-11-23-21(33)25-16(20(31)32)8-10-18(27)28/h3-4,6-7,15-16H,1-2,5,8-12H2,(H,24,26)(H,27,28)(H,29,30)(H,31,32)(H2,23,25,33)/t15-,16-/m0/s1. The minimum Gasteiger partial charge on any atom is -0.481 e. The van der Waals surface area contributed by atoms with Crippen molar-refractivity contribution in [2.24, 2.45) is 0 Å². The van der Waals surface area contributed by atoms with Crippen molar-refractivity contribution in [2.75, 3.05) is 6.54 Å². The first-order chi connectivity index (χ1) is 15.6. The van der Waals surface area contributed by atoms with Crippen LogP contribution in [0.25, 0.3) is 0 Å². The number of nitrogens with one attached hydrogen (secondary N) is 3. The van der Waals surface area contributed by atoms with Crippen molar-refractivity contribution in [3.05, 3.63) is 33.4 Å². The van der Waals surface area contributed by atoms with Gasteiger partial charge in [-0.1, -0.05) is 12.1 Å². The van der Waals surface area contributed by atoms with Gasteiger partial charge in [0.25, 0.3) is 0 Å². The summed E-state index contributed by atoms with van der Waals surface area (Å²) in [6.45, 7) is 0.117. The Bertz CT molecular complexity index is 831. The van der Waals surface area contributed by atoms with Gasteiger partial charge in [0, 0.05) is 29.0 Å². The average Bonchev–Trinajstić information content (AvgIpc) is 2.73. The molecule has 0 unspecified atom stereocenters. The van der Waals surface area contributed by atoms with Gasteiger partial charge in [-0.25, -0.2) is 9.59 Å². The predicted octanol–water partition coefficient (Wildman–Crippen LogP) is 1.58. The van der Waals surface area contributed by atoms with E-state index in [1.165, 1.54) is 0 Å². The maximum absolute atomic E-state index is 12.2. The lowest BCUT2D eigenvalue weighted by molar-refractivity contribution is -0.141. The van der Waals surface area contributed by atoms with Crippen LogP contribution in [0.2, 0.25) is 0 Å². The molecule has 0 saturated carbocycles. The number of hydrogen-bond donors (Lipinski definition) is 6. The number of carbonyl (C=O) groups is 5. The zero-order valence-corrected chi connectivity index (χ0v) is 20.0. The minimum absolute atomic E-state index is 0.117. The van der Waals surface area contributed by atoms with Crippen molar-refractivity contribution in [1.29, 1.82) is 0 Å². The number of carbonyl (C=O) groups excluding carboxylic acids is 2. The van der Waals surface area contributed by atoms with E-state index in [0.717, 1.165) is 9.13 Å².